The lowest BCUT2D eigenvalue weighted by Crippen LogP contribution is -1.97. The summed E-state index contributed by atoms with van der Waals surface area (Å²) in [7, 11) is 0. The summed E-state index contributed by atoms with van der Waals surface area (Å²) >= 11 is 6.33. The van der Waals surface area contributed by atoms with Crippen LogP contribution in [-0.4, -0.2) is 6.21 Å². The molecule has 0 spiro atoms. The summed E-state index contributed by atoms with van der Waals surface area (Å²) in [5.41, 5.74) is 2.37. The van der Waals surface area contributed by atoms with Crippen molar-refractivity contribution in [2.24, 2.45) is 4.99 Å². The third-order valence-electron chi connectivity index (χ3n) is 4.42. The molecule has 31 heavy (non-hydrogen) atoms. The van der Waals surface area contributed by atoms with E-state index in [-0.39, 0.29) is 12.4 Å². The lowest BCUT2D eigenvalue weighted by Gasteiger charge is -2.09. The van der Waals surface area contributed by atoms with Crippen LogP contribution in [0.1, 0.15) is 11.1 Å². The molecule has 0 fully saturated rings. The Hall–Kier alpha value is -3.63. The summed E-state index contributed by atoms with van der Waals surface area (Å²) in [6, 6.07) is 28.8. The fourth-order valence-corrected chi connectivity index (χ4v) is 3.12. The van der Waals surface area contributed by atoms with E-state index in [1.807, 2.05) is 60.7 Å². The minimum atomic E-state index is -0.293. The smallest absolute Gasteiger partial charge is 0.138 e. The molecule has 0 saturated heterocycles. The zero-order valence-electron chi connectivity index (χ0n) is 16.5. The lowest BCUT2D eigenvalue weighted by atomic mass is 10.2. The van der Waals surface area contributed by atoms with E-state index in [1.54, 1.807) is 30.5 Å². The quantitative estimate of drug-likeness (QED) is 0.282. The second-order valence-corrected chi connectivity index (χ2v) is 7.18. The zero-order valence-corrected chi connectivity index (χ0v) is 17.3. The molecule has 0 aliphatic carbocycles. The molecular weight excluding hydrogens is 413 g/mol. The van der Waals surface area contributed by atoms with Crippen LogP contribution in [-0.2, 0) is 6.61 Å². The van der Waals surface area contributed by atoms with Gasteiger partial charge in [-0.25, -0.2) is 4.39 Å². The van der Waals surface area contributed by atoms with Crippen molar-refractivity contribution in [2.45, 2.75) is 6.61 Å². The molecule has 0 amide bonds. The van der Waals surface area contributed by atoms with Crippen LogP contribution in [0.2, 0.25) is 5.02 Å². The number of rotatable bonds is 7. The first-order valence-corrected chi connectivity index (χ1v) is 10.1. The topological polar surface area (TPSA) is 30.8 Å². The van der Waals surface area contributed by atoms with Crippen molar-refractivity contribution in [1.82, 2.24) is 0 Å². The highest BCUT2D eigenvalue weighted by atomic mass is 35.5. The van der Waals surface area contributed by atoms with Crippen molar-refractivity contribution in [2.75, 3.05) is 0 Å². The predicted octanol–water partition coefficient (Wildman–Crippen LogP) is 7.60. The van der Waals surface area contributed by atoms with E-state index in [9.17, 15) is 4.39 Å². The van der Waals surface area contributed by atoms with Gasteiger partial charge in [-0.05, 0) is 77.9 Å². The Morgan fingerprint density at radius 3 is 2.32 bits per heavy atom. The van der Waals surface area contributed by atoms with E-state index < -0.39 is 0 Å². The van der Waals surface area contributed by atoms with Crippen LogP contribution >= 0.6 is 11.6 Å². The fraction of sp³-hybridized carbons (Fsp3) is 0.0385. The average Bonchev–Trinajstić information content (AvgIpc) is 2.79. The first kappa shape index (κ1) is 20.6. The van der Waals surface area contributed by atoms with Crippen LogP contribution in [0, 0.1) is 5.82 Å². The highest BCUT2D eigenvalue weighted by Crippen LogP contribution is 2.27. The number of para-hydroxylation sites is 1. The van der Waals surface area contributed by atoms with Gasteiger partial charge in [0.05, 0.1) is 10.7 Å². The molecule has 0 N–H and O–H groups in total. The minimum absolute atomic E-state index is 0.238. The van der Waals surface area contributed by atoms with Gasteiger partial charge in [0.1, 0.15) is 29.7 Å². The van der Waals surface area contributed by atoms with Gasteiger partial charge in [-0.3, -0.25) is 4.99 Å². The first-order valence-electron chi connectivity index (χ1n) is 9.69. The summed E-state index contributed by atoms with van der Waals surface area (Å²) in [5, 5.41) is 0.465. The normalized spacial score (nSPS) is 10.9. The van der Waals surface area contributed by atoms with Crippen LogP contribution < -0.4 is 9.47 Å². The second kappa shape index (κ2) is 9.92. The molecule has 0 bridgehead atoms. The van der Waals surface area contributed by atoms with Crippen molar-refractivity contribution >= 4 is 23.5 Å². The molecule has 4 aromatic carbocycles. The van der Waals surface area contributed by atoms with Crippen LogP contribution in [0.5, 0.6) is 17.2 Å². The van der Waals surface area contributed by atoms with E-state index in [0.29, 0.717) is 10.8 Å². The monoisotopic (exact) mass is 431 g/mol. The number of hydrogen-bond acceptors (Lipinski definition) is 3. The molecular formula is C26H19ClFNO2. The maximum Gasteiger partial charge on any atom is 0.138 e. The minimum Gasteiger partial charge on any atom is -0.487 e. The summed E-state index contributed by atoms with van der Waals surface area (Å²) in [6.07, 6.45) is 1.73. The van der Waals surface area contributed by atoms with E-state index >= 15 is 0 Å². The Morgan fingerprint density at radius 1 is 0.806 bits per heavy atom. The van der Waals surface area contributed by atoms with Gasteiger partial charge in [0.2, 0.25) is 0 Å². The molecule has 0 saturated carbocycles. The summed E-state index contributed by atoms with van der Waals surface area (Å²) in [6.45, 7) is 0.238. The first-order chi connectivity index (χ1) is 15.2. The predicted molar refractivity (Wildman–Crippen MR) is 122 cm³/mol. The second-order valence-electron chi connectivity index (χ2n) is 6.78. The van der Waals surface area contributed by atoms with Gasteiger partial charge in [-0.1, -0.05) is 41.9 Å². The van der Waals surface area contributed by atoms with Crippen LogP contribution in [0.25, 0.3) is 0 Å². The molecule has 154 valence electrons. The molecule has 4 aromatic rings. The van der Waals surface area contributed by atoms with Crippen LogP contribution in [0.3, 0.4) is 0 Å². The number of benzene rings is 4. The van der Waals surface area contributed by atoms with Gasteiger partial charge in [0.15, 0.2) is 0 Å². The molecule has 5 heteroatoms. The molecule has 0 unspecified atom stereocenters. The van der Waals surface area contributed by atoms with E-state index in [2.05, 4.69) is 4.99 Å². The molecule has 0 aromatic heterocycles. The van der Waals surface area contributed by atoms with Gasteiger partial charge in [-0.2, -0.15) is 0 Å². The Balaban J connectivity index is 1.37. The van der Waals surface area contributed by atoms with Crippen molar-refractivity contribution < 1.29 is 13.9 Å². The average molecular weight is 432 g/mol. The standard InChI is InChI=1S/C26H19ClFNO2/c27-25-16-19(9-14-26(25)30-18-20-5-4-6-21(28)15-20)17-29-22-10-12-24(13-11-22)31-23-7-2-1-3-8-23/h1-17H,18H2. The van der Waals surface area contributed by atoms with Gasteiger partial charge in [0, 0.05) is 6.21 Å². The van der Waals surface area contributed by atoms with Crippen molar-refractivity contribution in [3.8, 4) is 17.2 Å². The Morgan fingerprint density at radius 2 is 1.58 bits per heavy atom. The van der Waals surface area contributed by atoms with Gasteiger partial charge in [0.25, 0.3) is 0 Å². The number of hydrogen-bond donors (Lipinski definition) is 0. The van der Waals surface area contributed by atoms with Crippen LogP contribution in [0.4, 0.5) is 10.1 Å². The van der Waals surface area contributed by atoms with Gasteiger partial charge in [-0.15, -0.1) is 0 Å². The largest absolute Gasteiger partial charge is 0.487 e. The number of ether oxygens (including phenoxy) is 2. The number of halogens is 2. The van der Waals surface area contributed by atoms with E-state index in [4.69, 9.17) is 21.1 Å². The maximum atomic E-state index is 13.3. The summed E-state index contributed by atoms with van der Waals surface area (Å²) in [5.74, 6) is 1.77. The SMILES string of the molecule is Fc1cccc(COc2ccc(C=Nc3ccc(Oc4ccccc4)cc3)cc2Cl)c1. The summed E-state index contributed by atoms with van der Waals surface area (Å²) < 4.78 is 24.8. The third kappa shape index (κ3) is 5.93. The maximum absolute atomic E-state index is 13.3. The highest BCUT2D eigenvalue weighted by Gasteiger charge is 2.04. The fourth-order valence-electron chi connectivity index (χ4n) is 2.88. The van der Waals surface area contributed by atoms with Crippen molar-refractivity contribution in [3.63, 3.8) is 0 Å². The van der Waals surface area contributed by atoms with Crippen molar-refractivity contribution in [3.05, 3.63) is 119 Å². The molecule has 0 heterocycles. The zero-order chi connectivity index (χ0) is 21.5. The lowest BCUT2D eigenvalue weighted by molar-refractivity contribution is 0.306. The Kier molecular flexibility index (Phi) is 6.60. The summed E-state index contributed by atoms with van der Waals surface area (Å²) in [4.78, 5) is 4.48. The molecule has 3 nitrogen and oxygen atoms in total. The molecule has 0 aliphatic rings. The van der Waals surface area contributed by atoms with E-state index in [0.717, 1.165) is 28.3 Å². The third-order valence-corrected chi connectivity index (χ3v) is 4.71. The van der Waals surface area contributed by atoms with Gasteiger partial charge < -0.3 is 9.47 Å². The Bertz CT molecular complexity index is 1180. The van der Waals surface area contributed by atoms with Crippen molar-refractivity contribution in [1.29, 1.82) is 0 Å². The van der Waals surface area contributed by atoms with E-state index in [1.165, 1.54) is 12.1 Å². The Labute approximate surface area is 185 Å². The van der Waals surface area contributed by atoms with Crippen LogP contribution in [0.15, 0.2) is 102 Å². The van der Waals surface area contributed by atoms with Gasteiger partial charge >= 0.3 is 0 Å². The highest BCUT2D eigenvalue weighted by molar-refractivity contribution is 6.32. The molecule has 0 atom stereocenters. The number of nitrogens with zero attached hydrogens (tertiary/aromatic N) is 1. The molecule has 4 rings (SSSR count). The molecule has 0 radical (unpaired) electrons. The number of aliphatic imine (C=N–C) groups is 1. The molecule has 0 aliphatic heterocycles.